The first-order valence-corrected chi connectivity index (χ1v) is 5.63. The van der Waals surface area contributed by atoms with E-state index in [1.165, 1.54) is 0 Å². The molecule has 1 atom stereocenters. The molecule has 3 nitrogen and oxygen atoms in total. The van der Waals surface area contributed by atoms with Gasteiger partial charge in [-0.05, 0) is 32.4 Å². The van der Waals surface area contributed by atoms with Gasteiger partial charge in [-0.25, -0.2) is 0 Å². The molecule has 0 aliphatic heterocycles. The maximum atomic E-state index is 10.7. The van der Waals surface area contributed by atoms with Gasteiger partial charge in [0.2, 0.25) is 0 Å². The first-order valence-electron chi connectivity index (χ1n) is 4.65. The lowest BCUT2D eigenvalue weighted by molar-refractivity contribution is -0.139. The third kappa shape index (κ3) is 4.67. The van der Waals surface area contributed by atoms with Crippen LogP contribution < -0.4 is 5.73 Å². The number of hydrogen-bond acceptors (Lipinski definition) is 3. The van der Waals surface area contributed by atoms with Crippen molar-refractivity contribution in [2.45, 2.75) is 37.5 Å². The van der Waals surface area contributed by atoms with Crippen molar-refractivity contribution in [3.05, 3.63) is 12.7 Å². The smallest absolute Gasteiger partial charge is 0.321 e. The number of unbranched alkanes of at least 4 members (excludes halogenated alkanes) is 1. The summed E-state index contributed by atoms with van der Waals surface area (Å²) in [5.41, 5.74) is 5.57. The van der Waals surface area contributed by atoms with Crippen molar-refractivity contribution in [2.24, 2.45) is 5.73 Å². The fourth-order valence-corrected chi connectivity index (χ4v) is 2.07. The molecule has 0 rings (SSSR count). The largest absolute Gasteiger partial charge is 0.480 e. The van der Waals surface area contributed by atoms with E-state index in [4.69, 9.17) is 10.8 Å². The van der Waals surface area contributed by atoms with Crippen molar-refractivity contribution in [1.29, 1.82) is 0 Å². The maximum absolute atomic E-state index is 10.7. The molecule has 0 bridgehead atoms. The number of carboxylic acids is 1. The van der Waals surface area contributed by atoms with Gasteiger partial charge < -0.3 is 10.8 Å². The zero-order valence-corrected chi connectivity index (χ0v) is 9.64. The predicted molar refractivity (Wildman–Crippen MR) is 61.6 cm³/mol. The van der Waals surface area contributed by atoms with Crippen LogP contribution in [0.25, 0.3) is 0 Å². The summed E-state index contributed by atoms with van der Waals surface area (Å²) < 4.78 is -0.410. The Morgan fingerprint density at radius 3 is 2.71 bits per heavy atom. The Labute approximate surface area is 89.8 Å². The van der Waals surface area contributed by atoms with Crippen molar-refractivity contribution in [3.8, 4) is 0 Å². The number of hydrogen-bond donors (Lipinski definition) is 2. The minimum absolute atomic E-state index is 0.410. The Morgan fingerprint density at radius 1 is 1.71 bits per heavy atom. The number of aliphatic carboxylic acids is 1. The molecule has 0 aromatic carbocycles. The molecule has 3 N–H and O–H groups in total. The molecule has 0 saturated heterocycles. The first-order chi connectivity index (χ1) is 6.41. The lowest BCUT2D eigenvalue weighted by atomic mass is 10.1. The molecule has 0 fully saturated rings. The highest BCUT2D eigenvalue weighted by molar-refractivity contribution is 8.00. The summed E-state index contributed by atoms with van der Waals surface area (Å²) >= 11 is 1.60. The van der Waals surface area contributed by atoms with E-state index in [1.807, 2.05) is 19.9 Å². The van der Waals surface area contributed by atoms with Crippen LogP contribution in [-0.2, 0) is 4.79 Å². The summed E-state index contributed by atoms with van der Waals surface area (Å²) in [5.74, 6) is -0.0220. The Balaban J connectivity index is 3.93. The van der Waals surface area contributed by atoms with Crippen molar-refractivity contribution < 1.29 is 9.90 Å². The lowest BCUT2D eigenvalue weighted by Crippen LogP contribution is -2.46. The van der Waals surface area contributed by atoms with Gasteiger partial charge in [-0.3, -0.25) is 4.79 Å². The molecule has 0 radical (unpaired) electrons. The standard InChI is InChI=1S/C10H19NO2S/c1-4-5-6-7-14-10(2,3)8(11)9(12)13/h4,8H,1,5-7,11H2,2-3H3,(H,12,13)/t8-/m0/s1. The molecule has 0 amide bonds. The van der Waals surface area contributed by atoms with Gasteiger partial charge in [-0.15, -0.1) is 6.58 Å². The van der Waals surface area contributed by atoms with Gasteiger partial charge in [-0.2, -0.15) is 11.8 Å². The summed E-state index contributed by atoms with van der Waals surface area (Å²) in [5, 5.41) is 8.77. The molecule has 0 aliphatic carbocycles. The van der Waals surface area contributed by atoms with Crippen LogP contribution in [0.2, 0.25) is 0 Å². The van der Waals surface area contributed by atoms with Gasteiger partial charge >= 0.3 is 5.97 Å². The summed E-state index contributed by atoms with van der Waals surface area (Å²) in [7, 11) is 0. The van der Waals surface area contributed by atoms with Gasteiger partial charge in [0.1, 0.15) is 6.04 Å². The van der Waals surface area contributed by atoms with Crippen LogP contribution in [0.4, 0.5) is 0 Å². The number of carboxylic acid groups (broad SMARTS) is 1. The highest BCUT2D eigenvalue weighted by Crippen LogP contribution is 2.28. The molecule has 0 spiro atoms. The van der Waals surface area contributed by atoms with E-state index < -0.39 is 16.8 Å². The van der Waals surface area contributed by atoms with E-state index >= 15 is 0 Å². The number of carbonyl (C=O) groups is 1. The summed E-state index contributed by atoms with van der Waals surface area (Å²) in [6.07, 6.45) is 3.85. The zero-order valence-electron chi connectivity index (χ0n) is 8.82. The van der Waals surface area contributed by atoms with Crippen LogP contribution in [0.1, 0.15) is 26.7 Å². The number of allylic oxidation sites excluding steroid dienone is 1. The van der Waals surface area contributed by atoms with E-state index in [9.17, 15) is 4.79 Å². The fourth-order valence-electron chi connectivity index (χ4n) is 0.950. The van der Waals surface area contributed by atoms with E-state index in [-0.39, 0.29) is 0 Å². The van der Waals surface area contributed by atoms with Crippen molar-refractivity contribution in [2.75, 3.05) is 5.75 Å². The molecule has 0 heterocycles. The molecule has 14 heavy (non-hydrogen) atoms. The summed E-state index contributed by atoms with van der Waals surface area (Å²) in [6, 6.07) is -0.809. The van der Waals surface area contributed by atoms with Gasteiger partial charge in [0.15, 0.2) is 0 Å². The monoisotopic (exact) mass is 217 g/mol. The summed E-state index contributed by atoms with van der Waals surface area (Å²) in [6.45, 7) is 7.36. The third-order valence-corrected chi connectivity index (χ3v) is 3.53. The molecule has 0 unspecified atom stereocenters. The van der Waals surface area contributed by atoms with E-state index in [0.717, 1.165) is 18.6 Å². The molecule has 0 aromatic heterocycles. The predicted octanol–water partition coefficient (Wildman–Crippen LogP) is 1.88. The van der Waals surface area contributed by atoms with Gasteiger partial charge in [0.25, 0.3) is 0 Å². The highest BCUT2D eigenvalue weighted by atomic mass is 32.2. The molecule has 4 heteroatoms. The second-order valence-electron chi connectivity index (χ2n) is 3.70. The van der Waals surface area contributed by atoms with Crippen LogP contribution in [0.3, 0.4) is 0 Å². The minimum Gasteiger partial charge on any atom is -0.480 e. The highest BCUT2D eigenvalue weighted by Gasteiger charge is 2.31. The van der Waals surface area contributed by atoms with Crippen LogP contribution in [0.5, 0.6) is 0 Å². The third-order valence-electron chi connectivity index (χ3n) is 2.04. The number of thioether (sulfide) groups is 1. The van der Waals surface area contributed by atoms with Crippen molar-refractivity contribution in [3.63, 3.8) is 0 Å². The lowest BCUT2D eigenvalue weighted by Gasteiger charge is -2.27. The SMILES string of the molecule is C=CCCCSC(C)(C)[C@@H](N)C(=O)O. The average molecular weight is 217 g/mol. The summed E-state index contributed by atoms with van der Waals surface area (Å²) in [4.78, 5) is 10.7. The molecule has 0 saturated carbocycles. The molecular formula is C10H19NO2S. The van der Waals surface area contributed by atoms with Crippen molar-refractivity contribution >= 4 is 17.7 Å². The van der Waals surface area contributed by atoms with E-state index in [1.54, 1.807) is 11.8 Å². The molecule has 82 valence electrons. The van der Waals surface area contributed by atoms with Gasteiger partial charge in [0.05, 0.1) is 0 Å². The topological polar surface area (TPSA) is 63.3 Å². The normalized spacial score (nSPS) is 13.6. The Morgan fingerprint density at radius 2 is 2.29 bits per heavy atom. The van der Waals surface area contributed by atoms with Crippen LogP contribution in [0.15, 0.2) is 12.7 Å². The van der Waals surface area contributed by atoms with Crippen LogP contribution >= 0.6 is 11.8 Å². The van der Waals surface area contributed by atoms with Gasteiger partial charge in [0, 0.05) is 4.75 Å². The molecule has 0 aromatic rings. The zero-order chi connectivity index (χ0) is 11.2. The van der Waals surface area contributed by atoms with E-state index in [0.29, 0.717) is 0 Å². The second-order valence-corrected chi connectivity index (χ2v) is 5.45. The Kier molecular flexibility index (Phi) is 5.88. The Bertz CT molecular complexity index is 204. The van der Waals surface area contributed by atoms with Gasteiger partial charge in [-0.1, -0.05) is 6.08 Å². The fraction of sp³-hybridized carbons (Fsp3) is 0.700. The molecular weight excluding hydrogens is 198 g/mol. The maximum Gasteiger partial charge on any atom is 0.321 e. The quantitative estimate of drug-likeness (QED) is 0.505. The Hall–Kier alpha value is -0.480. The van der Waals surface area contributed by atoms with Crippen molar-refractivity contribution in [1.82, 2.24) is 0 Å². The van der Waals surface area contributed by atoms with Crippen LogP contribution in [0, 0.1) is 0 Å². The average Bonchev–Trinajstić information content (AvgIpc) is 2.11. The van der Waals surface area contributed by atoms with E-state index in [2.05, 4.69) is 6.58 Å². The first kappa shape index (κ1) is 13.5. The molecule has 0 aliphatic rings. The minimum atomic E-state index is -0.939. The van der Waals surface area contributed by atoms with Crippen LogP contribution in [-0.4, -0.2) is 27.6 Å². The number of nitrogens with two attached hydrogens (primary N) is 1. The second kappa shape index (κ2) is 6.09. The number of rotatable bonds is 7.